The van der Waals surface area contributed by atoms with E-state index >= 15 is 0 Å². The fraction of sp³-hybridized carbons (Fsp3) is 0.143. The second kappa shape index (κ2) is 6.91. The Morgan fingerprint density at radius 2 is 2.10 bits per heavy atom. The van der Waals surface area contributed by atoms with E-state index in [1.807, 2.05) is 0 Å². The summed E-state index contributed by atoms with van der Waals surface area (Å²) in [5, 5.41) is 9.44. The SMILES string of the molecule is O=C(O)c1ccc(SCCOc2ccccc2F)nc1. The molecule has 0 unspecified atom stereocenters. The van der Waals surface area contributed by atoms with Crippen LogP contribution in [0.25, 0.3) is 0 Å². The van der Waals surface area contributed by atoms with Crippen molar-refractivity contribution in [3.8, 4) is 5.75 Å². The summed E-state index contributed by atoms with van der Waals surface area (Å²) in [6.07, 6.45) is 1.31. The lowest BCUT2D eigenvalue weighted by Crippen LogP contribution is -2.02. The number of aromatic nitrogens is 1. The number of para-hydroxylation sites is 1. The number of ether oxygens (including phenoxy) is 1. The van der Waals surface area contributed by atoms with Crippen LogP contribution >= 0.6 is 11.8 Å². The van der Waals surface area contributed by atoms with Crippen LogP contribution in [0.4, 0.5) is 4.39 Å². The third kappa shape index (κ3) is 3.96. The van der Waals surface area contributed by atoms with Gasteiger partial charge in [0.2, 0.25) is 0 Å². The Kier molecular flexibility index (Phi) is 4.95. The largest absolute Gasteiger partial charge is 0.490 e. The monoisotopic (exact) mass is 293 g/mol. The summed E-state index contributed by atoms with van der Waals surface area (Å²) in [6.45, 7) is 0.341. The summed E-state index contributed by atoms with van der Waals surface area (Å²) < 4.78 is 18.6. The lowest BCUT2D eigenvalue weighted by Gasteiger charge is -2.06. The van der Waals surface area contributed by atoms with Gasteiger partial charge in [0, 0.05) is 11.9 Å². The first-order valence-corrected chi connectivity index (χ1v) is 6.85. The molecule has 1 N–H and O–H groups in total. The van der Waals surface area contributed by atoms with Crippen molar-refractivity contribution >= 4 is 17.7 Å². The topological polar surface area (TPSA) is 59.4 Å². The zero-order valence-electron chi connectivity index (χ0n) is 10.5. The van der Waals surface area contributed by atoms with Crippen LogP contribution in [0.15, 0.2) is 47.6 Å². The number of benzene rings is 1. The zero-order chi connectivity index (χ0) is 14.4. The molecule has 0 aliphatic heterocycles. The Morgan fingerprint density at radius 3 is 2.75 bits per heavy atom. The van der Waals surface area contributed by atoms with E-state index in [-0.39, 0.29) is 17.1 Å². The summed E-state index contributed by atoms with van der Waals surface area (Å²) in [4.78, 5) is 14.7. The van der Waals surface area contributed by atoms with Crippen LogP contribution in [0.1, 0.15) is 10.4 Å². The van der Waals surface area contributed by atoms with Crippen LogP contribution in [0.3, 0.4) is 0 Å². The van der Waals surface area contributed by atoms with Gasteiger partial charge in [-0.3, -0.25) is 0 Å². The molecule has 1 aromatic heterocycles. The van der Waals surface area contributed by atoms with Crippen molar-refractivity contribution in [3.63, 3.8) is 0 Å². The van der Waals surface area contributed by atoms with Gasteiger partial charge in [0.1, 0.15) is 0 Å². The van der Waals surface area contributed by atoms with Gasteiger partial charge in [-0.15, -0.1) is 11.8 Å². The predicted molar refractivity (Wildman–Crippen MR) is 73.8 cm³/mol. The lowest BCUT2D eigenvalue weighted by molar-refractivity contribution is 0.0696. The van der Waals surface area contributed by atoms with Gasteiger partial charge in [-0.25, -0.2) is 14.2 Å². The second-order valence-electron chi connectivity index (χ2n) is 3.82. The van der Waals surface area contributed by atoms with E-state index in [1.165, 1.54) is 30.1 Å². The average Bonchev–Trinajstić information content (AvgIpc) is 2.46. The number of carboxylic acid groups (broad SMARTS) is 1. The molecule has 0 saturated carbocycles. The van der Waals surface area contributed by atoms with E-state index in [9.17, 15) is 9.18 Å². The number of pyridine rings is 1. The number of carbonyl (C=O) groups is 1. The Morgan fingerprint density at radius 1 is 1.30 bits per heavy atom. The molecule has 1 heterocycles. The third-order valence-corrected chi connectivity index (χ3v) is 3.32. The van der Waals surface area contributed by atoms with Crippen molar-refractivity contribution < 1.29 is 19.0 Å². The molecule has 1 aromatic carbocycles. The Balaban J connectivity index is 1.79. The molecule has 0 spiro atoms. The molecule has 0 aliphatic rings. The molecular weight excluding hydrogens is 281 g/mol. The summed E-state index contributed by atoms with van der Waals surface area (Å²) in [5.41, 5.74) is 0.150. The quantitative estimate of drug-likeness (QED) is 0.655. The molecule has 20 heavy (non-hydrogen) atoms. The highest BCUT2D eigenvalue weighted by Gasteiger charge is 2.04. The number of nitrogens with zero attached hydrogens (tertiary/aromatic N) is 1. The molecule has 0 amide bonds. The van der Waals surface area contributed by atoms with E-state index in [2.05, 4.69) is 4.98 Å². The second-order valence-corrected chi connectivity index (χ2v) is 4.93. The molecule has 0 fully saturated rings. The van der Waals surface area contributed by atoms with E-state index < -0.39 is 5.97 Å². The predicted octanol–water partition coefficient (Wildman–Crippen LogP) is 3.09. The minimum Gasteiger partial charge on any atom is -0.490 e. The smallest absolute Gasteiger partial charge is 0.337 e. The summed E-state index contributed by atoms with van der Waals surface area (Å²) >= 11 is 1.41. The highest BCUT2D eigenvalue weighted by atomic mass is 32.2. The minimum atomic E-state index is -1.00. The number of rotatable bonds is 6. The highest BCUT2D eigenvalue weighted by molar-refractivity contribution is 7.99. The van der Waals surface area contributed by atoms with Crippen molar-refractivity contribution in [1.29, 1.82) is 0 Å². The summed E-state index contributed by atoms with van der Waals surface area (Å²) in [5.74, 6) is -0.575. The Labute approximate surface area is 119 Å². The van der Waals surface area contributed by atoms with Gasteiger partial charge in [-0.05, 0) is 24.3 Å². The summed E-state index contributed by atoms with van der Waals surface area (Å²) in [6, 6.07) is 9.35. The van der Waals surface area contributed by atoms with Gasteiger partial charge in [0.25, 0.3) is 0 Å². The third-order valence-electron chi connectivity index (χ3n) is 2.41. The van der Waals surface area contributed by atoms with E-state index in [0.717, 1.165) is 0 Å². The average molecular weight is 293 g/mol. The Bertz CT molecular complexity index is 589. The van der Waals surface area contributed by atoms with Crippen molar-refractivity contribution in [2.75, 3.05) is 12.4 Å². The van der Waals surface area contributed by atoms with Gasteiger partial charge in [0.15, 0.2) is 11.6 Å². The molecule has 0 radical (unpaired) electrons. The van der Waals surface area contributed by atoms with Crippen molar-refractivity contribution in [3.05, 3.63) is 54.0 Å². The van der Waals surface area contributed by atoms with E-state index in [4.69, 9.17) is 9.84 Å². The number of thioether (sulfide) groups is 1. The van der Waals surface area contributed by atoms with Crippen LogP contribution in [0.2, 0.25) is 0 Å². The standard InChI is InChI=1S/C14H12FNO3S/c15-11-3-1-2-4-12(11)19-7-8-20-13-6-5-10(9-16-13)14(17)18/h1-6,9H,7-8H2,(H,17,18). The van der Waals surface area contributed by atoms with Gasteiger partial charge in [-0.1, -0.05) is 12.1 Å². The first-order valence-electron chi connectivity index (χ1n) is 5.86. The number of aromatic carboxylic acids is 1. The molecule has 2 aromatic rings. The first-order chi connectivity index (χ1) is 9.66. The highest BCUT2D eigenvalue weighted by Crippen LogP contribution is 2.18. The molecule has 4 nitrogen and oxygen atoms in total. The van der Waals surface area contributed by atoms with Gasteiger partial charge >= 0.3 is 5.97 Å². The van der Waals surface area contributed by atoms with Crippen molar-refractivity contribution in [2.45, 2.75) is 5.03 Å². The fourth-order valence-corrected chi connectivity index (χ4v) is 2.12. The van der Waals surface area contributed by atoms with Crippen LogP contribution in [-0.4, -0.2) is 28.4 Å². The number of carboxylic acids is 1. The van der Waals surface area contributed by atoms with Crippen LogP contribution in [0, 0.1) is 5.82 Å². The van der Waals surface area contributed by atoms with E-state index in [0.29, 0.717) is 17.4 Å². The number of hydrogen-bond donors (Lipinski definition) is 1. The van der Waals surface area contributed by atoms with Crippen LogP contribution in [0.5, 0.6) is 5.75 Å². The van der Waals surface area contributed by atoms with Gasteiger partial charge < -0.3 is 9.84 Å². The van der Waals surface area contributed by atoms with Crippen molar-refractivity contribution in [2.24, 2.45) is 0 Å². The maximum Gasteiger partial charge on any atom is 0.337 e. The first kappa shape index (κ1) is 14.3. The minimum absolute atomic E-state index is 0.150. The molecule has 0 aliphatic carbocycles. The molecular formula is C14H12FNO3S. The normalized spacial score (nSPS) is 10.2. The zero-order valence-corrected chi connectivity index (χ0v) is 11.3. The number of hydrogen-bond acceptors (Lipinski definition) is 4. The van der Waals surface area contributed by atoms with Gasteiger partial charge in [0.05, 0.1) is 17.2 Å². The summed E-state index contributed by atoms with van der Waals surface area (Å²) in [7, 11) is 0. The van der Waals surface area contributed by atoms with Crippen molar-refractivity contribution in [1.82, 2.24) is 4.98 Å². The number of halogens is 1. The van der Waals surface area contributed by atoms with Crippen LogP contribution in [-0.2, 0) is 0 Å². The van der Waals surface area contributed by atoms with E-state index in [1.54, 1.807) is 24.3 Å². The molecule has 0 atom stereocenters. The molecule has 0 bridgehead atoms. The molecule has 2 rings (SSSR count). The van der Waals surface area contributed by atoms with Gasteiger partial charge in [-0.2, -0.15) is 0 Å². The molecule has 104 valence electrons. The maximum atomic E-state index is 13.3. The Hall–Kier alpha value is -2.08. The molecule has 6 heteroatoms. The molecule has 0 saturated heterocycles. The van der Waals surface area contributed by atoms with Crippen LogP contribution < -0.4 is 4.74 Å². The fourth-order valence-electron chi connectivity index (χ4n) is 1.45. The maximum absolute atomic E-state index is 13.3. The lowest BCUT2D eigenvalue weighted by atomic mass is 10.3.